The quantitative estimate of drug-likeness (QED) is 0.559. The van der Waals surface area contributed by atoms with Crippen LogP contribution in [0.25, 0.3) is 11.1 Å². The van der Waals surface area contributed by atoms with E-state index in [0.717, 1.165) is 18.9 Å². The zero-order chi connectivity index (χ0) is 25.4. The third-order valence-electron chi connectivity index (χ3n) is 6.22. The molecule has 1 aromatic carbocycles. The second-order valence-electron chi connectivity index (χ2n) is 10.6. The first-order chi connectivity index (χ1) is 15.8. The monoisotopic (exact) mass is 476 g/mol. The Balaban J connectivity index is 2.31. The number of carboxylic acid groups (broad SMARTS) is 1. The maximum atomic E-state index is 15.4. The first kappa shape index (κ1) is 25.9. The first-order valence-corrected chi connectivity index (χ1v) is 11.4. The van der Waals surface area contributed by atoms with Crippen LogP contribution in [0.5, 0.6) is 5.75 Å². The van der Waals surface area contributed by atoms with Crippen LogP contribution >= 0.6 is 0 Å². The van der Waals surface area contributed by atoms with Gasteiger partial charge in [0.1, 0.15) is 0 Å². The number of nitrogens with zero attached hydrogens (tertiary/aromatic N) is 2. The van der Waals surface area contributed by atoms with Crippen LogP contribution in [0.4, 0.5) is 14.5 Å². The minimum Gasteiger partial charge on any atom is -0.491 e. The van der Waals surface area contributed by atoms with Crippen LogP contribution in [0, 0.1) is 24.0 Å². The van der Waals surface area contributed by atoms with E-state index in [0.29, 0.717) is 35.6 Å². The summed E-state index contributed by atoms with van der Waals surface area (Å²) in [5.74, 6) is -3.33. The number of hydrogen-bond acceptors (Lipinski definition) is 5. The molecule has 0 aliphatic carbocycles. The lowest BCUT2D eigenvalue weighted by Crippen LogP contribution is -2.39. The summed E-state index contributed by atoms with van der Waals surface area (Å²) in [5.41, 5.74) is 1.25. The Morgan fingerprint density at radius 1 is 1.18 bits per heavy atom. The molecular weight excluding hydrogens is 442 g/mol. The molecule has 3 rings (SSSR count). The fraction of sp³-hybridized carbons (Fsp3) is 0.538. The van der Waals surface area contributed by atoms with Crippen molar-refractivity contribution in [3.8, 4) is 16.9 Å². The van der Waals surface area contributed by atoms with Crippen molar-refractivity contribution < 1.29 is 28.2 Å². The lowest BCUT2D eigenvalue weighted by molar-refractivity contribution is -0.160. The van der Waals surface area contributed by atoms with Crippen LogP contribution in [0.3, 0.4) is 0 Å². The van der Waals surface area contributed by atoms with Crippen LogP contribution in [0.2, 0.25) is 0 Å². The van der Waals surface area contributed by atoms with E-state index in [1.54, 1.807) is 27.7 Å². The normalized spacial score (nSPS) is 16.9. The van der Waals surface area contributed by atoms with Crippen LogP contribution in [0.15, 0.2) is 18.3 Å². The van der Waals surface area contributed by atoms with E-state index >= 15 is 4.39 Å². The van der Waals surface area contributed by atoms with Crippen molar-refractivity contribution in [1.29, 1.82) is 0 Å². The average Bonchev–Trinajstić information content (AvgIpc) is 2.72. The Hall–Kier alpha value is -2.74. The number of benzene rings is 1. The molecule has 1 aromatic heterocycles. The molecule has 1 aliphatic heterocycles. The topological polar surface area (TPSA) is 71.9 Å². The van der Waals surface area contributed by atoms with Crippen LogP contribution in [-0.4, -0.2) is 41.9 Å². The Morgan fingerprint density at radius 2 is 1.79 bits per heavy atom. The first-order valence-electron chi connectivity index (χ1n) is 11.4. The van der Waals surface area contributed by atoms with Gasteiger partial charge in [-0.3, -0.25) is 4.98 Å². The number of ether oxygens (including phenoxy) is 2. The van der Waals surface area contributed by atoms with E-state index in [-0.39, 0.29) is 11.0 Å². The number of aliphatic carboxylic acids is 1. The fourth-order valence-electron chi connectivity index (χ4n) is 4.31. The number of halogens is 2. The molecule has 1 aliphatic rings. The average molecular weight is 477 g/mol. The molecule has 1 fully saturated rings. The van der Waals surface area contributed by atoms with Gasteiger partial charge in [0, 0.05) is 41.7 Å². The predicted octanol–water partition coefficient (Wildman–Crippen LogP) is 5.91. The molecule has 0 amide bonds. The highest BCUT2D eigenvalue weighted by atomic mass is 19.1. The summed E-state index contributed by atoms with van der Waals surface area (Å²) in [6.45, 7) is 12.8. The van der Waals surface area contributed by atoms with Gasteiger partial charge in [0.15, 0.2) is 23.5 Å². The van der Waals surface area contributed by atoms with Crippen molar-refractivity contribution in [3.05, 3.63) is 41.2 Å². The van der Waals surface area contributed by atoms with Gasteiger partial charge < -0.3 is 19.5 Å². The zero-order valence-corrected chi connectivity index (χ0v) is 21.0. The molecular formula is C26H34F2N2O4. The summed E-state index contributed by atoms with van der Waals surface area (Å²) in [5, 5.41) is 10.1. The molecule has 186 valence electrons. The van der Waals surface area contributed by atoms with Gasteiger partial charge in [-0.25, -0.2) is 13.6 Å². The molecule has 2 heterocycles. The third kappa shape index (κ3) is 5.32. The Kier molecular flexibility index (Phi) is 7.22. The molecule has 0 saturated carbocycles. The predicted molar refractivity (Wildman–Crippen MR) is 127 cm³/mol. The number of anilines is 1. The van der Waals surface area contributed by atoms with Gasteiger partial charge in [-0.15, -0.1) is 0 Å². The number of carboxylic acids is 1. The third-order valence-corrected chi connectivity index (χ3v) is 6.22. The smallest absolute Gasteiger partial charge is 0.337 e. The highest BCUT2D eigenvalue weighted by Gasteiger charge is 2.36. The SMILES string of the molecule is COc1c(F)ccc(-c2cnc(C)c([C@H](OC(C)(C)C)C(=O)O)c2N2CCC(C)(C)CC2)c1F. The van der Waals surface area contributed by atoms with Gasteiger partial charge in [0.05, 0.1) is 18.4 Å². The summed E-state index contributed by atoms with van der Waals surface area (Å²) in [6, 6.07) is 2.47. The zero-order valence-electron chi connectivity index (χ0n) is 21.0. The van der Waals surface area contributed by atoms with Gasteiger partial charge >= 0.3 is 5.97 Å². The molecule has 34 heavy (non-hydrogen) atoms. The second kappa shape index (κ2) is 9.49. The molecule has 0 radical (unpaired) electrons. The van der Waals surface area contributed by atoms with Gasteiger partial charge in [-0.05, 0) is 58.1 Å². The Labute approximate surface area is 199 Å². The second-order valence-corrected chi connectivity index (χ2v) is 10.6. The number of methoxy groups -OCH3 is 1. The van der Waals surface area contributed by atoms with Gasteiger partial charge in [0.2, 0.25) is 0 Å². The highest BCUT2D eigenvalue weighted by Crippen LogP contribution is 2.45. The van der Waals surface area contributed by atoms with E-state index in [4.69, 9.17) is 9.47 Å². The molecule has 2 aromatic rings. The minimum absolute atomic E-state index is 0.0896. The van der Waals surface area contributed by atoms with E-state index in [1.165, 1.54) is 19.4 Å². The summed E-state index contributed by atoms with van der Waals surface area (Å²) < 4.78 is 40.5. The molecule has 0 spiro atoms. The number of rotatable bonds is 6. The van der Waals surface area contributed by atoms with Crippen molar-refractivity contribution in [2.24, 2.45) is 5.41 Å². The van der Waals surface area contributed by atoms with Crippen LogP contribution < -0.4 is 9.64 Å². The van der Waals surface area contributed by atoms with Crippen molar-refractivity contribution in [1.82, 2.24) is 4.98 Å². The lowest BCUT2D eigenvalue weighted by Gasteiger charge is -2.41. The largest absolute Gasteiger partial charge is 0.491 e. The standard InChI is InChI=1S/C26H34F2N2O4/c1-15-19(23(24(31)32)34-25(2,3)4)21(30-12-10-26(5,6)11-13-30)17(14-29-15)16-8-9-18(27)22(33-7)20(16)28/h8-9,14,23H,10-13H2,1-7H3,(H,31,32)/t23-/m0/s1. The van der Waals surface area contributed by atoms with Crippen molar-refractivity contribution in [2.45, 2.75) is 66.1 Å². The number of pyridine rings is 1. The van der Waals surface area contributed by atoms with Gasteiger partial charge in [-0.1, -0.05) is 13.8 Å². The summed E-state index contributed by atoms with van der Waals surface area (Å²) in [4.78, 5) is 18.9. The Morgan fingerprint density at radius 3 is 2.32 bits per heavy atom. The number of hydrogen-bond donors (Lipinski definition) is 1. The van der Waals surface area contributed by atoms with Crippen molar-refractivity contribution in [3.63, 3.8) is 0 Å². The van der Waals surface area contributed by atoms with Crippen molar-refractivity contribution >= 4 is 11.7 Å². The Bertz CT molecular complexity index is 1070. The maximum absolute atomic E-state index is 15.4. The molecule has 8 heteroatoms. The number of carbonyl (C=O) groups is 1. The highest BCUT2D eigenvalue weighted by molar-refractivity contribution is 5.87. The molecule has 1 saturated heterocycles. The summed E-state index contributed by atoms with van der Waals surface area (Å²) in [6.07, 6.45) is 1.95. The molecule has 1 atom stereocenters. The number of aryl methyl sites for hydroxylation is 1. The minimum atomic E-state index is -1.32. The van der Waals surface area contributed by atoms with E-state index in [2.05, 4.69) is 23.7 Å². The number of piperidine rings is 1. The fourth-order valence-corrected chi connectivity index (χ4v) is 4.31. The van der Waals surface area contributed by atoms with Gasteiger partial charge in [0.25, 0.3) is 0 Å². The maximum Gasteiger partial charge on any atom is 0.337 e. The molecule has 0 bridgehead atoms. The van der Waals surface area contributed by atoms with Crippen LogP contribution in [0.1, 0.15) is 64.8 Å². The van der Waals surface area contributed by atoms with Gasteiger partial charge in [-0.2, -0.15) is 0 Å². The van der Waals surface area contributed by atoms with Crippen LogP contribution in [-0.2, 0) is 9.53 Å². The molecule has 1 N–H and O–H groups in total. The number of aromatic nitrogens is 1. The van der Waals surface area contributed by atoms with E-state index < -0.39 is 35.1 Å². The lowest BCUT2D eigenvalue weighted by atomic mass is 9.82. The van der Waals surface area contributed by atoms with E-state index in [1.807, 2.05) is 0 Å². The van der Waals surface area contributed by atoms with Crippen molar-refractivity contribution in [2.75, 3.05) is 25.1 Å². The summed E-state index contributed by atoms with van der Waals surface area (Å²) >= 11 is 0. The van der Waals surface area contributed by atoms with E-state index in [9.17, 15) is 14.3 Å². The molecule has 6 nitrogen and oxygen atoms in total. The molecule has 0 unspecified atom stereocenters. The summed E-state index contributed by atoms with van der Waals surface area (Å²) in [7, 11) is 1.20.